The maximum atomic E-state index is 12.5. The van der Waals surface area contributed by atoms with Crippen LogP contribution in [0.2, 0.25) is 0 Å². The molecule has 1 saturated carbocycles. The van der Waals surface area contributed by atoms with Crippen LogP contribution in [0.3, 0.4) is 0 Å². The lowest BCUT2D eigenvalue weighted by Crippen LogP contribution is -2.45. The number of benzene rings is 1. The van der Waals surface area contributed by atoms with Crippen LogP contribution in [-0.2, 0) is 9.59 Å². The summed E-state index contributed by atoms with van der Waals surface area (Å²) in [7, 11) is 1.80. The molecule has 2 atom stereocenters. The summed E-state index contributed by atoms with van der Waals surface area (Å²) < 4.78 is 0. The van der Waals surface area contributed by atoms with Crippen molar-refractivity contribution in [3.05, 3.63) is 29.8 Å². The van der Waals surface area contributed by atoms with Gasteiger partial charge in [-0.3, -0.25) is 14.5 Å². The van der Waals surface area contributed by atoms with Crippen LogP contribution in [0.4, 0.5) is 5.69 Å². The van der Waals surface area contributed by atoms with E-state index in [0.717, 1.165) is 30.5 Å². The fourth-order valence-electron chi connectivity index (χ4n) is 2.56. The Kier molecular flexibility index (Phi) is 6.37. The lowest BCUT2D eigenvalue weighted by atomic mass is 9.97. The number of hydrogen-bond donors (Lipinski definition) is 2. The van der Waals surface area contributed by atoms with E-state index in [2.05, 4.69) is 30.5 Å². The Morgan fingerprint density at radius 2 is 1.92 bits per heavy atom. The highest BCUT2D eigenvalue weighted by atomic mass is 16.2. The quantitative estimate of drug-likeness (QED) is 0.770. The van der Waals surface area contributed by atoms with Gasteiger partial charge in [-0.1, -0.05) is 32.0 Å². The molecule has 0 bridgehead atoms. The Bertz CT molecular complexity index is 584. The van der Waals surface area contributed by atoms with E-state index < -0.39 is 0 Å². The van der Waals surface area contributed by atoms with Crippen molar-refractivity contribution < 1.29 is 9.59 Å². The van der Waals surface area contributed by atoms with Crippen molar-refractivity contribution in [2.45, 2.75) is 58.0 Å². The van der Waals surface area contributed by atoms with Gasteiger partial charge in [0.25, 0.3) is 0 Å². The number of rotatable bonds is 8. The molecule has 1 fully saturated rings. The number of nitrogens with zero attached hydrogens (tertiary/aromatic N) is 1. The molecule has 1 aliphatic carbocycles. The second-order valence-corrected chi connectivity index (χ2v) is 6.82. The number of nitrogens with one attached hydrogen (secondary N) is 2. The van der Waals surface area contributed by atoms with Gasteiger partial charge in [-0.25, -0.2) is 0 Å². The van der Waals surface area contributed by atoms with Crippen molar-refractivity contribution in [2.75, 3.05) is 18.9 Å². The van der Waals surface area contributed by atoms with Crippen molar-refractivity contribution in [3.63, 3.8) is 0 Å². The van der Waals surface area contributed by atoms with Gasteiger partial charge in [-0.05, 0) is 50.8 Å². The van der Waals surface area contributed by atoms with Crippen LogP contribution in [0.1, 0.15) is 51.5 Å². The monoisotopic (exact) mass is 331 g/mol. The molecule has 132 valence electrons. The van der Waals surface area contributed by atoms with Crippen LogP contribution in [0, 0.1) is 0 Å². The SMILES string of the molecule is CC[C@@H](C)c1ccccc1NC(=O)[C@@H](C)N(C)CC(=O)NC1CC1. The maximum absolute atomic E-state index is 12.5. The Morgan fingerprint density at radius 3 is 2.54 bits per heavy atom. The number of likely N-dealkylation sites (N-methyl/N-ethyl adjacent to an activating group) is 1. The van der Waals surface area contributed by atoms with E-state index in [0.29, 0.717) is 12.0 Å². The Hall–Kier alpha value is -1.88. The average molecular weight is 331 g/mol. The molecule has 1 aromatic carbocycles. The fraction of sp³-hybridized carbons (Fsp3) is 0.579. The van der Waals surface area contributed by atoms with Crippen LogP contribution in [-0.4, -0.2) is 42.4 Å². The van der Waals surface area contributed by atoms with Crippen molar-refractivity contribution >= 4 is 17.5 Å². The minimum absolute atomic E-state index is 0.0142. The van der Waals surface area contributed by atoms with Crippen LogP contribution in [0.15, 0.2) is 24.3 Å². The predicted octanol–water partition coefficient (Wildman–Crippen LogP) is 2.74. The van der Waals surface area contributed by atoms with Crippen molar-refractivity contribution in [1.29, 1.82) is 0 Å². The normalized spacial score (nSPS) is 16.5. The van der Waals surface area contributed by atoms with Crippen LogP contribution in [0.5, 0.6) is 0 Å². The zero-order valence-corrected chi connectivity index (χ0v) is 15.1. The predicted molar refractivity (Wildman–Crippen MR) is 97.0 cm³/mol. The topological polar surface area (TPSA) is 61.4 Å². The van der Waals surface area contributed by atoms with E-state index in [1.54, 1.807) is 11.9 Å². The van der Waals surface area contributed by atoms with E-state index in [1.807, 2.05) is 25.1 Å². The summed E-state index contributed by atoms with van der Waals surface area (Å²) in [6, 6.07) is 7.89. The first-order valence-corrected chi connectivity index (χ1v) is 8.81. The highest BCUT2D eigenvalue weighted by Crippen LogP contribution is 2.26. The van der Waals surface area contributed by atoms with E-state index in [1.165, 1.54) is 0 Å². The molecule has 5 heteroatoms. The van der Waals surface area contributed by atoms with E-state index in [-0.39, 0.29) is 24.4 Å². The highest BCUT2D eigenvalue weighted by Gasteiger charge is 2.26. The second-order valence-electron chi connectivity index (χ2n) is 6.82. The lowest BCUT2D eigenvalue weighted by molar-refractivity contribution is -0.124. The lowest BCUT2D eigenvalue weighted by Gasteiger charge is -2.24. The third-order valence-electron chi connectivity index (χ3n) is 4.74. The fourth-order valence-corrected chi connectivity index (χ4v) is 2.56. The summed E-state index contributed by atoms with van der Waals surface area (Å²) in [6.07, 6.45) is 3.15. The summed E-state index contributed by atoms with van der Waals surface area (Å²) in [5.41, 5.74) is 2.01. The van der Waals surface area contributed by atoms with Gasteiger partial charge in [0.05, 0.1) is 12.6 Å². The van der Waals surface area contributed by atoms with Gasteiger partial charge < -0.3 is 10.6 Å². The molecule has 0 aromatic heterocycles. The Morgan fingerprint density at radius 1 is 1.25 bits per heavy atom. The molecule has 0 spiro atoms. The molecule has 0 aliphatic heterocycles. The summed E-state index contributed by atoms with van der Waals surface area (Å²) >= 11 is 0. The van der Waals surface area contributed by atoms with Gasteiger partial charge in [0.2, 0.25) is 11.8 Å². The molecule has 0 radical (unpaired) electrons. The molecular weight excluding hydrogens is 302 g/mol. The van der Waals surface area contributed by atoms with Crippen molar-refractivity contribution in [1.82, 2.24) is 10.2 Å². The van der Waals surface area contributed by atoms with E-state index in [9.17, 15) is 9.59 Å². The molecule has 0 heterocycles. The van der Waals surface area contributed by atoms with Gasteiger partial charge in [0.1, 0.15) is 0 Å². The summed E-state index contributed by atoms with van der Waals surface area (Å²) in [5.74, 6) is 0.283. The first-order chi connectivity index (χ1) is 11.4. The maximum Gasteiger partial charge on any atom is 0.241 e. The van der Waals surface area contributed by atoms with Gasteiger partial charge in [0, 0.05) is 11.7 Å². The van der Waals surface area contributed by atoms with Crippen LogP contribution < -0.4 is 10.6 Å². The van der Waals surface area contributed by atoms with E-state index >= 15 is 0 Å². The molecule has 5 nitrogen and oxygen atoms in total. The molecule has 1 aliphatic rings. The molecule has 2 N–H and O–H groups in total. The standard InChI is InChI=1S/C19H29N3O2/c1-5-13(2)16-8-6-7-9-17(16)21-19(24)14(3)22(4)12-18(23)20-15-10-11-15/h6-9,13-15H,5,10-12H2,1-4H3,(H,20,23)(H,21,24)/t13-,14-/m1/s1. The zero-order chi connectivity index (χ0) is 17.7. The minimum atomic E-state index is -0.375. The number of carbonyl (C=O) groups excluding carboxylic acids is 2. The number of hydrogen-bond acceptors (Lipinski definition) is 3. The third kappa shape index (κ3) is 5.06. The summed E-state index contributed by atoms with van der Waals surface area (Å²) in [4.78, 5) is 26.2. The van der Waals surface area contributed by atoms with Crippen molar-refractivity contribution in [3.8, 4) is 0 Å². The van der Waals surface area contributed by atoms with Crippen LogP contribution >= 0.6 is 0 Å². The van der Waals surface area contributed by atoms with Crippen LogP contribution in [0.25, 0.3) is 0 Å². The number of anilines is 1. The number of para-hydroxylation sites is 1. The Balaban J connectivity index is 1.94. The highest BCUT2D eigenvalue weighted by molar-refractivity contribution is 5.95. The van der Waals surface area contributed by atoms with Gasteiger partial charge in [-0.2, -0.15) is 0 Å². The first kappa shape index (κ1) is 18.5. The molecule has 2 rings (SSSR count). The smallest absolute Gasteiger partial charge is 0.241 e. The zero-order valence-electron chi connectivity index (χ0n) is 15.1. The largest absolute Gasteiger partial charge is 0.352 e. The van der Waals surface area contributed by atoms with Gasteiger partial charge in [0.15, 0.2) is 0 Å². The molecule has 0 unspecified atom stereocenters. The molecule has 24 heavy (non-hydrogen) atoms. The minimum Gasteiger partial charge on any atom is -0.352 e. The first-order valence-electron chi connectivity index (χ1n) is 8.81. The Labute approximate surface area is 144 Å². The molecular formula is C19H29N3O2. The van der Waals surface area contributed by atoms with Gasteiger partial charge in [-0.15, -0.1) is 0 Å². The molecule has 2 amide bonds. The number of carbonyl (C=O) groups is 2. The number of amides is 2. The van der Waals surface area contributed by atoms with Crippen molar-refractivity contribution in [2.24, 2.45) is 0 Å². The van der Waals surface area contributed by atoms with E-state index in [4.69, 9.17) is 0 Å². The molecule has 0 saturated heterocycles. The van der Waals surface area contributed by atoms with Gasteiger partial charge >= 0.3 is 0 Å². The third-order valence-corrected chi connectivity index (χ3v) is 4.74. The molecule has 1 aromatic rings. The summed E-state index contributed by atoms with van der Waals surface area (Å²) in [6.45, 7) is 6.35. The average Bonchev–Trinajstić information content (AvgIpc) is 3.37. The second kappa shape index (κ2) is 8.29. The summed E-state index contributed by atoms with van der Waals surface area (Å²) in [5, 5.41) is 5.97.